The average Bonchev–Trinajstić information content (AvgIpc) is 3.15. The highest BCUT2D eigenvalue weighted by molar-refractivity contribution is 6.32. The van der Waals surface area contributed by atoms with E-state index in [0.717, 1.165) is 4.90 Å². The number of carbonyl (C=O) groups excluding carboxylic acids is 3. The first-order valence-electron chi connectivity index (χ1n) is 7.42. The number of carbonyl (C=O) groups is 3. The van der Waals surface area contributed by atoms with Crippen LogP contribution >= 0.6 is 11.6 Å². The van der Waals surface area contributed by atoms with Crippen LogP contribution < -0.4 is 5.32 Å². The molecule has 1 N–H and O–H groups in total. The fourth-order valence-electron chi connectivity index (χ4n) is 2.23. The molecule has 2 heterocycles. The molecule has 0 bridgehead atoms. The minimum Gasteiger partial charge on any atom is -0.406 e. The molecule has 0 radical (unpaired) electrons. The fraction of sp³-hybridized carbons (Fsp3) is 0.188. The predicted molar refractivity (Wildman–Crippen MR) is 88.2 cm³/mol. The Morgan fingerprint density at radius 2 is 1.96 bits per heavy atom. The Morgan fingerprint density at radius 3 is 2.68 bits per heavy atom. The van der Waals surface area contributed by atoms with Crippen LogP contribution in [0.25, 0.3) is 6.08 Å². The van der Waals surface area contributed by atoms with Gasteiger partial charge in [0.1, 0.15) is 6.54 Å². The first-order chi connectivity index (χ1) is 12.0. The minimum atomic E-state index is -0.483. The lowest BCUT2D eigenvalue weighted by atomic mass is 10.2. The molecular formula is C16H13ClN4O4. The molecule has 1 aromatic carbocycles. The van der Waals surface area contributed by atoms with Crippen LogP contribution in [0.2, 0.25) is 5.02 Å². The highest BCUT2D eigenvalue weighted by atomic mass is 35.5. The van der Waals surface area contributed by atoms with E-state index in [0.29, 0.717) is 10.6 Å². The zero-order chi connectivity index (χ0) is 17.8. The highest BCUT2D eigenvalue weighted by Crippen LogP contribution is 2.17. The first kappa shape index (κ1) is 16.8. The minimum absolute atomic E-state index is 0.0639. The van der Waals surface area contributed by atoms with Gasteiger partial charge in [-0.1, -0.05) is 34.9 Å². The second kappa shape index (κ2) is 7.27. The van der Waals surface area contributed by atoms with Crippen molar-refractivity contribution in [3.8, 4) is 0 Å². The number of hydrogen-bond acceptors (Lipinski definition) is 6. The Morgan fingerprint density at radius 1 is 1.24 bits per heavy atom. The van der Waals surface area contributed by atoms with Crippen LogP contribution in [-0.2, 0) is 20.9 Å². The molecule has 1 saturated heterocycles. The number of nitrogens with zero attached hydrogens (tertiary/aromatic N) is 3. The van der Waals surface area contributed by atoms with Crippen LogP contribution in [0, 0.1) is 0 Å². The van der Waals surface area contributed by atoms with Gasteiger partial charge in [0.15, 0.2) is 0 Å². The molecule has 8 nitrogen and oxygen atoms in total. The van der Waals surface area contributed by atoms with Crippen molar-refractivity contribution in [3.63, 3.8) is 0 Å². The Kier molecular flexibility index (Phi) is 4.90. The third-order valence-corrected chi connectivity index (χ3v) is 3.81. The first-order valence-corrected chi connectivity index (χ1v) is 7.80. The Bertz CT molecular complexity index is 845. The summed E-state index contributed by atoms with van der Waals surface area (Å²) in [6.07, 6.45) is 3.20. The second-order valence-corrected chi connectivity index (χ2v) is 5.63. The molecule has 1 aliphatic rings. The fourth-order valence-corrected chi connectivity index (χ4v) is 2.42. The standard InChI is InChI=1S/C16H13ClN4O4/c17-11-4-2-1-3-10(11)5-6-12(22)18-16-20-19-13(25-16)9-21-14(23)7-8-15(21)24/h1-6H,7-9H2,(H,18,20,22)/b6-5+. The third kappa shape index (κ3) is 4.10. The van der Waals surface area contributed by atoms with E-state index in [1.165, 1.54) is 6.08 Å². The maximum Gasteiger partial charge on any atom is 0.322 e. The highest BCUT2D eigenvalue weighted by Gasteiger charge is 2.30. The van der Waals surface area contributed by atoms with Crippen LogP contribution in [-0.4, -0.2) is 32.8 Å². The van der Waals surface area contributed by atoms with E-state index in [1.807, 2.05) is 0 Å². The second-order valence-electron chi connectivity index (χ2n) is 5.22. The molecule has 2 aromatic rings. The van der Waals surface area contributed by atoms with Crippen molar-refractivity contribution < 1.29 is 18.8 Å². The van der Waals surface area contributed by atoms with Crippen molar-refractivity contribution in [1.29, 1.82) is 0 Å². The number of anilines is 1. The maximum atomic E-state index is 11.9. The summed E-state index contributed by atoms with van der Waals surface area (Å²) >= 11 is 5.99. The molecule has 1 fully saturated rings. The average molecular weight is 361 g/mol. The molecule has 0 spiro atoms. The van der Waals surface area contributed by atoms with Gasteiger partial charge in [-0.05, 0) is 17.7 Å². The lowest BCUT2D eigenvalue weighted by Gasteiger charge is -2.09. The van der Waals surface area contributed by atoms with E-state index in [1.54, 1.807) is 30.3 Å². The summed E-state index contributed by atoms with van der Waals surface area (Å²) in [6.45, 7) is -0.101. The summed E-state index contributed by atoms with van der Waals surface area (Å²) in [4.78, 5) is 36.0. The van der Waals surface area contributed by atoms with Gasteiger partial charge >= 0.3 is 6.01 Å². The van der Waals surface area contributed by atoms with E-state index in [-0.39, 0.29) is 43.1 Å². The number of halogens is 1. The van der Waals surface area contributed by atoms with Crippen LogP contribution in [0.1, 0.15) is 24.3 Å². The molecule has 9 heteroatoms. The van der Waals surface area contributed by atoms with Gasteiger partial charge in [-0.3, -0.25) is 24.6 Å². The maximum absolute atomic E-state index is 11.9. The van der Waals surface area contributed by atoms with Gasteiger partial charge in [-0.15, -0.1) is 5.10 Å². The summed E-state index contributed by atoms with van der Waals surface area (Å²) in [7, 11) is 0. The summed E-state index contributed by atoms with van der Waals surface area (Å²) in [5, 5.41) is 10.3. The third-order valence-electron chi connectivity index (χ3n) is 3.46. The Labute approximate surface area is 147 Å². The van der Waals surface area contributed by atoms with Crippen LogP contribution in [0.15, 0.2) is 34.8 Å². The molecule has 3 rings (SSSR count). The van der Waals surface area contributed by atoms with Gasteiger partial charge in [0.2, 0.25) is 17.7 Å². The lowest BCUT2D eigenvalue weighted by Crippen LogP contribution is -2.28. The normalized spacial score (nSPS) is 14.5. The number of aromatic nitrogens is 2. The van der Waals surface area contributed by atoms with Crippen LogP contribution in [0.3, 0.4) is 0 Å². The summed E-state index contributed by atoms with van der Waals surface area (Å²) < 4.78 is 5.23. The van der Waals surface area contributed by atoms with Crippen molar-refractivity contribution in [3.05, 3.63) is 46.8 Å². The number of nitrogens with one attached hydrogen (secondary N) is 1. The van der Waals surface area contributed by atoms with Crippen molar-refractivity contribution in [2.45, 2.75) is 19.4 Å². The molecule has 1 aromatic heterocycles. The zero-order valence-corrected chi connectivity index (χ0v) is 13.7. The molecule has 128 valence electrons. The van der Waals surface area contributed by atoms with Crippen LogP contribution in [0.5, 0.6) is 0 Å². The van der Waals surface area contributed by atoms with Crippen LogP contribution in [0.4, 0.5) is 6.01 Å². The van der Waals surface area contributed by atoms with Gasteiger partial charge in [-0.2, -0.15) is 0 Å². The van der Waals surface area contributed by atoms with Gasteiger partial charge in [0.25, 0.3) is 5.91 Å². The number of benzene rings is 1. The van der Waals surface area contributed by atoms with Gasteiger partial charge < -0.3 is 4.42 Å². The monoisotopic (exact) mass is 360 g/mol. The zero-order valence-electron chi connectivity index (χ0n) is 12.9. The number of hydrogen-bond donors (Lipinski definition) is 1. The number of rotatable bonds is 5. The van der Waals surface area contributed by atoms with E-state index in [2.05, 4.69) is 15.5 Å². The Balaban J connectivity index is 1.59. The topological polar surface area (TPSA) is 105 Å². The molecule has 1 aliphatic heterocycles. The largest absolute Gasteiger partial charge is 0.406 e. The number of amides is 3. The van der Waals surface area contributed by atoms with E-state index >= 15 is 0 Å². The van der Waals surface area contributed by atoms with Crippen molar-refractivity contribution in [2.24, 2.45) is 0 Å². The SMILES string of the molecule is O=C(/C=C/c1ccccc1Cl)Nc1nnc(CN2C(=O)CCC2=O)o1. The van der Waals surface area contributed by atoms with Crippen molar-refractivity contribution >= 4 is 41.4 Å². The smallest absolute Gasteiger partial charge is 0.322 e. The molecule has 0 saturated carbocycles. The summed E-state index contributed by atoms with van der Waals surface area (Å²) in [6, 6.07) is 6.94. The molecule has 0 aliphatic carbocycles. The Hall–Kier alpha value is -3.00. The predicted octanol–water partition coefficient (Wildman–Crippen LogP) is 2.02. The molecular weight excluding hydrogens is 348 g/mol. The van der Waals surface area contributed by atoms with E-state index < -0.39 is 5.91 Å². The number of imide groups is 1. The van der Waals surface area contributed by atoms with Gasteiger partial charge in [0, 0.05) is 23.9 Å². The molecule has 0 unspecified atom stereocenters. The van der Waals surface area contributed by atoms with Crippen molar-refractivity contribution in [1.82, 2.24) is 15.1 Å². The van der Waals surface area contributed by atoms with Gasteiger partial charge in [-0.25, -0.2) is 0 Å². The summed E-state index contributed by atoms with van der Waals surface area (Å²) in [5.74, 6) is -0.981. The number of likely N-dealkylation sites (tertiary alicyclic amines) is 1. The van der Waals surface area contributed by atoms with E-state index in [9.17, 15) is 14.4 Å². The quantitative estimate of drug-likeness (QED) is 0.646. The molecule has 0 atom stereocenters. The van der Waals surface area contributed by atoms with Gasteiger partial charge in [0.05, 0.1) is 0 Å². The summed E-state index contributed by atoms with van der Waals surface area (Å²) in [5.41, 5.74) is 0.691. The van der Waals surface area contributed by atoms with E-state index in [4.69, 9.17) is 16.0 Å². The molecule has 25 heavy (non-hydrogen) atoms. The molecule has 3 amide bonds. The van der Waals surface area contributed by atoms with Crippen molar-refractivity contribution in [2.75, 3.05) is 5.32 Å². The lowest BCUT2D eigenvalue weighted by molar-refractivity contribution is -0.139.